The van der Waals surface area contributed by atoms with Crippen molar-refractivity contribution < 1.29 is 29.1 Å². The number of anilines is 1. The predicted molar refractivity (Wildman–Crippen MR) is 141 cm³/mol. The van der Waals surface area contributed by atoms with Crippen LogP contribution in [0.15, 0.2) is 39.6 Å². The highest BCUT2D eigenvalue weighted by molar-refractivity contribution is 8.01. The first-order valence-corrected chi connectivity index (χ1v) is 14.4. The molecule has 0 radical (unpaired) electrons. The molecule has 3 amide bonds. The summed E-state index contributed by atoms with van der Waals surface area (Å²) in [5.41, 5.74) is 0.455. The summed E-state index contributed by atoms with van der Waals surface area (Å²) in [6.45, 7) is 4.06. The molecule has 2 aromatic heterocycles. The highest BCUT2D eigenvalue weighted by Crippen LogP contribution is 2.41. The standard InChI is InChI=1S/C21H21N9O6S3/c1-2-5-29-21(25-27-28-29)39-7-10-6-37-18-14(17(33)30(18)15(10)19(34)35)24-16(32)13(26-36-11-3-4-11)12-8-38-20(23-12)22-9-31/h2,8-9,11,14,18H,1,3-7H2,(H,24,32)(H,34,35)(H,22,23,31)/b26-13-/t14-,18-/m1/s1. The van der Waals surface area contributed by atoms with Crippen LogP contribution in [0.3, 0.4) is 0 Å². The number of fused-ring (bicyclic) bond motifs is 1. The minimum absolute atomic E-state index is 0.0883. The molecule has 2 aromatic rings. The monoisotopic (exact) mass is 591 g/mol. The predicted octanol–water partition coefficient (Wildman–Crippen LogP) is 0.298. The second-order valence-electron chi connectivity index (χ2n) is 8.38. The summed E-state index contributed by atoms with van der Waals surface area (Å²) in [5, 5.41) is 32.1. The van der Waals surface area contributed by atoms with Crippen molar-refractivity contribution in [2.45, 2.75) is 42.1 Å². The molecule has 0 aromatic carbocycles. The minimum atomic E-state index is -1.24. The van der Waals surface area contributed by atoms with Crippen LogP contribution in [0.5, 0.6) is 0 Å². The van der Waals surface area contributed by atoms with E-state index in [1.165, 1.54) is 38.5 Å². The molecule has 4 heterocycles. The normalized spacial score (nSPS) is 20.7. The largest absolute Gasteiger partial charge is 0.477 e. The second-order valence-corrected chi connectivity index (χ2v) is 11.3. The third kappa shape index (κ3) is 5.66. The number of nitrogens with zero attached hydrogens (tertiary/aromatic N) is 7. The Morgan fingerprint density at radius 2 is 2.21 bits per heavy atom. The number of carboxylic acid groups (broad SMARTS) is 1. The van der Waals surface area contributed by atoms with Gasteiger partial charge >= 0.3 is 5.97 Å². The molecule has 1 saturated heterocycles. The van der Waals surface area contributed by atoms with E-state index in [1.54, 1.807) is 6.08 Å². The van der Waals surface area contributed by atoms with Crippen LogP contribution in [-0.4, -0.2) is 94.1 Å². The summed E-state index contributed by atoms with van der Waals surface area (Å²) in [6, 6.07) is -0.969. The number of aromatic nitrogens is 5. The van der Waals surface area contributed by atoms with Crippen LogP contribution in [0.1, 0.15) is 18.5 Å². The van der Waals surface area contributed by atoms with Crippen molar-refractivity contribution in [3.05, 3.63) is 35.0 Å². The van der Waals surface area contributed by atoms with E-state index in [1.807, 2.05) is 0 Å². The average molecular weight is 592 g/mol. The molecule has 0 unspecified atom stereocenters. The number of tetrazole rings is 1. The van der Waals surface area contributed by atoms with Crippen LogP contribution < -0.4 is 10.6 Å². The van der Waals surface area contributed by atoms with Crippen molar-refractivity contribution in [1.29, 1.82) is 0 Å². The summed E-state index contributed by atoms with van der Waals surface area (Å²) in [4.78, 5) is 59.9. The molecule has 3 aliphatic rings. The molecule has 204 valence electrons. The summed E-state index contributed by atoms with van der Waals surface area (Å²) >= 11 is 3.69. The number of hydrogen-bond acceptors (Lipinski definition) is 13. The van der Waals surface area contributed by atoms with Crippen molar-refractivity contribution in [1.82, 2.24) is 35.4 Å². The fraction of sp³-hybridized carbons (Fsp3) is 0.381. The van der Waals surface area contributed by atoms with Gasteiger partial charge in [-0.15, -0.1) is 34.8 Å². The molecule has 15 nitrogen and oxygen atoms in total. The van der Waals surface area contributed by atoms with Gasteiger partial charge in [0.15, 0.2) is 10.8 Å². The summed E-state index contributed by atoms with van der Waals surface area (Å²) in [5.74, 6) is -1.90. The lowest BCUT2D eigenvalue weighted by molar-refractivity contribution is -0.150. The fourth-order valence-electron chi connectivity index (χ4n) is 3.70. The van der Waals surface area contributed by atoms with E-state index in [-0.39, 0.29) is 34.1 Å². The number of aliphatic carboxylic acids is 1. The van der Waals surface area contributed by atoms with E-state index in [0.29, 0.717) is 29.4 Å². The number of carbonyl (C=O) groups excluding carboxylic acids is 3. The molecule has 2 fully saturated rings. The van der Waals surface area contributed by atoms with Crippen molar-refractivity contribution in [2.75, 3.05) is 16.8 Å². The molecule has 2 atom stereocenters. The molecule has 0 bridgehead atoms. The van der Waals surface area contributed by atoms with Gasteiger partial charge in [0.2, 0.25) is 11.6 Å². The number of amides is 3. The molecular formula is C21H21N9O6S3. The molecule has 3 N–H and O–H groups in total. The van der Waals surface area contributed by atoms with Crippen molar-refractivity contribution >= 4 is 69.9 Å². The van der Waals surface area contributed by atoms with Gasteiger partial charge in [-0.1, -0.05) is 23.0 Å². The Morgan fingerprint density at radius 1 is 1.38 bits per heavy atom. The third-order valence-electron chi connectivity index (χ3n) is 5.67. The van der Waals surface area contributed by atoms with Gasteiger partial charge in [0.05, 0.1) is 6.54 Å². The van der Waals surface area contributed by atoms with Gasteiger partial charge in [0.1, 0.15) is 28.9 Å². The van der Waals surface area contributed by atoms with Gasteiger partial charge in [-0.3, -0.25) is 19.3 Å². The lowest BCUT2D eigenvalue weighted by Gasteiger charge is -2.49. The van der Waals surface area contributed by atoms with Crippen LogP contribution in [0.4, 0.5) is 5.13 Å². The zero-order chi connectivity index (χ0) is 27.5. The molecule has 1 saturated carbocycles. The van der Waals surface area contributed by atoms with Crippen LogP contribution in [0.25, 0.3) is 0 Å². The van der Waals surface area contributed by atoms with Gasteiger partial charge in [-0.2, -0.15) is 0 Å². The van der Waals surface area contributed by atoms with Gasteiger partial charge < -0.3 is 20.6 Å². The van der Waals surface area contributed by atoms with Crippen molar-refractivity contribution in [3.63, 3.8) is 0 Å². The molecule has 5 rings (SSSR count). The lowest BCUT2D eigenvalue weighted by Crippen LogP contribution is -2.71. The Labute approximate surface area is 233 Å². The van der Waals surface area contributed by atoms with Crippen molar-refractivity contribution in [2.24, 2.45) is 5.16 Å². The van der Waals surface area contributed by atoms with E-state index in [0.717, 1.165) is 24.2 Å². The Kier molecular flexibility index (Phi) is 7.94. The first-order valence-electron chi connectivity index (χ1n) is 11.5. The van der Waals surface area contributed by atoms with Crippen LogP contribution in [0.2, 0.25) is 0 Å². The number of hydrogen-bond donors (Lipinski definition) is 3. The van der Waals surface area contributed by atoms with Crippen LogP contribution in [0, 0.1) is 0 Å². The number of carboxylic acids is 1. The molecule has 1 aliphatic carbocycles. The van der Waals surface area contributed by atoms with Gasteiger partial charge in [0.25, 0.3) is 11.8 Å². The van der Waals surface area contributed by atoms with Gasteiger partial charge in [-0.05, 0) is 28.8 Å². The summed E-state index contributed by atoms with van der Waals surface area (Å²) in [6.07, 6.45) is 3.65. The molecule has 0 spiro atoms. The van der Waals surface area contributed by atoms with E-state index in [4.69, 9.17) is 4.84 Å². The van der Waals surface area contributed by atoms with Crippen molar-refractivity contribution in [3.8, 4) is 0 Å². The smallest absolute Gasteiger partial charge is 0.352 e. The number of allylic oxidation sites excluding steroid dienone is 1. The number of thioether (sulfide) groups is 2. The second kappa shape index (κ2) is 11.5. The van der Waals surface area contributed by atoms with Gasteiger partial charge in [-0.25, -0.2) is 14.5 Å². The van der Waals surface area contributed by atoms with E-state index in [2.05, 4.69) is 42.9 Å². The number of carbonyl (C=O) groups is 4. The van der Waals surface area contributed by atoms with E-state index < -0.39 is 29.2 Å². The van der Waals surface area contributed by atoms with Gasteiger partial charge in [0, 0.05) is 16.9 Å². The minimum Gasteiger partial charge on any atom is -0.477 e. The summed E-state index contributed by atoms with van der Waals surface area (Å²) in [7, 11) is 0. The lowest BCUT2D eigenvalue weighted by atomic mass is 10.0. The third-order valence-corrected chi connectivity index (χ3v) is 8.83. The Bertz CT molecular complexity index is 1380. The summed E-state index contributed by atoms with van der Waals surface area (Å²) < 4.78 is 1.53. The average Bonchev–Trinajstić information content (AvgIpc) is 3.46. The van der Waals surface area contributed by atoms with E-state index >= 15 is 0 Å². The first kappa shape index (κ1) is 26.8. The number of nitrogens with one attached hydrogen (secondary N) is 2. The molecule has 18 heteroatoms. The number of rotatable bonds is 13. The highest BCUT2D eigenvalue weighted by Gasteiger charge is 2.54. The topological polar surface area (TPSA) is 194 Å². The Morgan fingerprint density at radius 3 is 2.92 bits per heavy atom. The van der Waals surface area contributed by atoms with Crippen LogP contribution in [-0.2, 0) is 30.6 Å². The first-order chi connectivity index (χ1) is 18.9. The number of β-lactam (4-membered cyclic amide) rings is 1. The Balaban J connectivity index is 1.30. The SMILES string of the molecule is C=CCn1nnnc1SCC1=C(C(=O)O)N2C(=O)[C@@H](NC(=O)/C(=N\OC3CC3)c3csc(NC=O)n3)[C@H]2SC1. The zero-order valence-electron chi connectivity index (χ0n) is 20.1. The molecule has 39 heavy (non-hydrogen) atoms. The van der Waals surface area contributed by atoms with E-state index in [9.17, 15) is 24.3 Å². The zero-order valence-corrected chi connectivity index (χ0v) is 22.5. The highest BCUT2D eigenvalue weighted by atomic mass is 32.2. The molecule has 2 aliphatic heterocycles. The number of thiazole rings is 1. The maximum atomic E-state index is 13.2. The molecular weight excluding hydrogens is 570 g/mol. The quantitative estimate of drug-likeness (QED) is 0.0721. The fourth-order valence-corrected chi connectivity index (χ4v) is 6.72. The van der Waals surface area contributed by atoms with Crippen LogP contribution >= 0.6 is 34.9 Å². The maximum absolute atomic E-state index is 13.2. The maximum Gasteiger partial charge on any atom is 0.352 e. The Hall–Kier alpha value is -3.77. The number of oxime groups is 1.